The number of carbonyl (C=O) groups is 3. The zero-order valence-corrected chi connectivity index (χ0v) is 15.8. The van der Waals surface area contributed by atoms with Crippen LogP contribution in [0.5, 0.6) is 0 Å². The number of fused-ring (bicyclic) bond motifs is 1. The molecule has 30 heavy (non-hydrogen) atoms. The first-order valence-electron chi connectivity index (χ1n) is 9.29. The van der Waals surface area contributed by atoms with Gasteiger partial charge in [0.2, 0.25) is 5.91 Å². The van der Waals surface area contributed by atoms with E-state index in [1.165, 1.54) is 22.9 Å². The van der Waals surface area contributed by atoms with Crippen LogP contribution in [0, 0.1) is 5.82 Å². The van der Waals surface area contributed by atoms with Crippen LogP contribution in [-0.4, -0.2) is 49.4 Å². The number of nitrogens with zero attached hydrogens (tertiary/aromatic N) is 5. The summed E-state index contributed by atoms with van der Waals surface area (Å²) in [6, 6.07) is 12.4. The van der Waals surface area contributed by atoms with E-state index in [0.717, 1.165) is 4.90 Å². The van der Waals surface area contributed by atoms with Crippen molar-refractivity contribution in [3.05, 3.63) is 71.3 Å². The molecule has 152 valence electrons. The van der Waals surface area contributed by atoms with Crippen molar-refractivity contribution in [1.82, 2.24) is 30.4 Å². The highest BCUT2D eigenvalue weighted by Crippen LogP contribution is 2.22. The Morgan fingerprint density at radius 2 is 1.77 bits per heavy atom. The van der Waals surface area contributed by atoms with Gasteiger partial charge in [-0.2, -0.15) is 4.68 Å². The molecular weight excluding hydrogens is 391 g/mol. The highest BCUT2D eigenvalue weighted by Gasteiger charge is 2.34. The smallest absolute Gasteiger partial charge is 0.261 e. The Morgan fingerprint density at radius 1 is 1.03 bits per heavy atom. The fraction of sp³-hybridized carbons (Fsp3) is 0.200. The Morgan fingerprint density at radius 3 is 2.47 bits per heavy atom. The van der Waals surface area contributed by atoms with Crippen molar-refractivity contribution in [3.8, 4) is 5.69 Å². The van der Waals surface area contributed by atoms with Gasteiger partial charge in [0.1, 0.15) is 5.82 Å². The quantitative estimate of drug-likeness (QED) is 0.593. The molecule has 3 aromatic rings. The second-order valence-corrected chi connectivity index (χ2v) is 6.67. The summed E-state index contributed by atoms with van der Waals surface area (Å²) < 4.78 is 14.7. The Bertz CT molecular complexity index is 1090. The molecule has 0 bridgehead atoms. The minimum atomic E-state index is -0.425. The molecule has 0 saturated carbocycles. The van der Waals surface area contributed by atoms with Gasteiger partial charge in [0.15, 0.2) is 5.82 Å². The van der Waals surface area contributed by atoms with Gasteiger partial charge in [0.05, 0.1) is 23.4 Å². The van der Waals surface area contributed by atoms with Gasteiger partial charge >= 0.3 is 0 Å². The molecule has 4 rings (SSSR count). The van der Waals surface area contributed by atoms with Crippen LogP contribution in [0.3, 0.4) is 0 Å². The molecule has 9 nitrogen and oxygen atoms in total. The molecule has 1 aliphatic heterocycles. The summed E-state index contributed by atoms with van der Waals surface area (Å²) in [4.78, 5) is 37.9. The van der Waals surface area contributed by atoms with Crippen LogP contribution in [0.2, 0.25) is 0 Å². The first-order chi connectivity index (χ1) is 14.5. The van der Waals surface area contributed by atoms with E-state index in [9.17, 15) is 18.8 Å². The van der Waals surface area contributed by atoms with E-state index in [0.29, 0.717) is 29.1 Å². The number of rotatable bonds is 7. The fourth-order valence-corrected chi connectivity index (χ4v) is 3.23. The number of hydrogen-bond donors (Lipinski definition) is 1. The molecular formula is C20H17FN6O3. The van der Waals surface area contributed by atoms with Crippen LogP contribution in [0.4, 0.5) is 4.39 Å². The number of amides is 3. The van der Waals surface area contributed by atoms with E-state index in [4.69, 9.17) is 0 Å². The first-order valence-corrected chi connectivity index (χ1v) is 9.29. The van der Waals surface area contributed by atoms with Crippen LogP contribution in [0.15, 0.2) is 48.5 Å². The van der Waals surface area contributed by atoms with Crippen molar-refractivity contribution in [2.75, 3.05) is 6.54 Å². The predicted molar refractivity (Wildman–Crippen MR) is 102 cm³/mol. The highest BCUT2D eigenvalue weighted by atomic mass is 19.1. The summed E-state index contributed by atoms with van der Waals surface area (Å²) in [6.07, 6.45) is 0.446. The summed E-state index contributed by atoms with van der Waals surface area (Å²) in [6.45, 7) is 0.205. The lowest BCUT2D eigenvalue weighted by atomic mass is 10.1. The van der Waals surface area contributed by atoms with Gasteiger partial charge in [-0.25, -0.2) is 4.39 Å². The lowest BCUT2D eigenvalue weighted by Gasteiger charge is -2.13. The Labute approximate surface area is 170 Å². The number of imide groups is 1. The van der Waals surface area contributed by atoms with Gasteiger partial charge in [0, 0.05) is 13.0 Å². The molecule has 10 heteroatoms. The van der Waals surface area contributed by atoms with Crippen LogP contribution >= 0.6 is 0 Å². The number of tetrazole rings is 1. The third-order valence-electron chi connectivity index (χ3n) is 4.69. The Kier molecular flexibility index (Phi) is 5.29. The van der Waals surface area contributed by atoms with E-state index < -0.39 is 5.82 Å². The number of carbonyl (C=O) groups excluding carboxylic acids is 3. The SMILES string of the molecule is O=C(CCCN1C(=O)c2ccccc2C1=O)NCc1nnnn1-c1cccc(F)c1. The number of aromatic nitrogens is 4. The first kappa shape index (κ1) is 19.4. The fourth-order valence-electron chi connectivity index (χ4n) is 3.23. The summed E-state index contributed by atoms with van der Waals surface area (Å²) in [5.74, 6) is -1.05. The van der Waals surface area contributed by atoms with E-state index in [1.807, 2.05) is 0 Å². The van der Waals surface area contributed by atoms with Crippen LogP contribution in [0.1, 0.15) is 39.4 Å². The summed E-state index contributed by atoms with van der Waals surface area (Å²) in [7, 11) is 0. The summed E-state index contributed by atoms with van der Waals surface area (Å²) >= 11 is 0. The maximum absolute atomic E-state index is 13.4. The van der Waals surface area contributed by atoms with Crippen LogP contribution < -0.4 is 5.32 Å². The summed E-state index contributed by atoms with van der Waals surface area (Å²) in [5.41, 5.74) is 1.21. The number of benzene rings is 2. The number of nitrogens with one attached hydrogen (secondary N) is 1. The third-order valence-corrected chi connectivity index (χ3v) is 4.69. The largest absolute Gasteiger partial charge is 0.349 e. The predicted octanol–water partition coefficient (Wildman–Crippen LogP) is 1.49. The molecule has 0 atom stereocenters. The second-order valence-electron chi connectivity index (χ2n) is 6.67. The molecule has 1 aliphatic rings. The lowest BCUT2D eigenvalue weighted by molar-refractivity contribution is -0.121. The van der Waals surface area contributed by atoms with Crippen molar-refractivity contribution in [2.24, 2.45) is 0 Å². The van der Waals surface area contributed by atoms with Gasteiger partial charge in [-0.1, -0.05) is 18.2 Å². The molecule has 2 aromatic carbocycles. The Balaban J connectivity index is 1.29. The van der Waals surface area contributed by atoms with Gasteiger partial charge < -0.3 is 5.32 Å². The minimum Gasteiger partial charge on any atom is -0.349 e. The molecule has 1 aromatic heterocycles. The zero-order valence-electron chi connectivity index (χ0n) is 15.8. The van der Waals surface area contributed by atoms with Crippen molar-refractivity contribution < 1.29 is 18.8 Å². The zero-order chi connectivity index (χ0) is 21.1. The average Bonchev–Trinajstić information content (AvgIpc) is 3.31. The van der Waals surface area contributed by atoms with E-state index in [1.54, 1.807) is 30.3 Å². The van der Waals surface area contributed by atoms with Crippen LogP contribution in [0.25, 0.3) is 5.69 Å². The van der Waals surface area contributed by atoms with Gasteiger partial charge in [-0.05, 0) is 47.2 Å². The maximum Gasteiger partial charge on any atom is 0.261 e. The molecule has 0 fully saturated rings. The molecule has 0 spiro atoms. The average molecular weight is 408 g/mol. The normalized spacial score (nSPS) is 12.9. The Hall–Kier alpha value is -3.95. The maximum atomic E-state index is 13.4. The van der Waals surface area contributed by atoms with Crippen molar-refractivity contribution >= 4 is 17.7 Å². The van der Waals surface area contributed by atoms with E-state index in [-0.39, 0.29) is 37.2 Å². The second kappa shape index (κ2) is 8.19. The minimum absolute atomic E-state index is 0.0510. The molecule has 2 heterocycles. The van der Waals surface area contributed by atoms with E-state index >= 15 is 0 Å². The van der Waals surface area contributed by atoms with Crippen molar-refractivity contribution in [2.45, 2.75) is 19.4 Å². The number of halogens is 1. The monoisotopic (exact) mass is 408 g/mol. The van der Waals surface area contributed by atoms with Gasteiger partial charge in [-0.15, -0.1) is 5.10 Å². The molecule has 0 aliphatic carbocycles. The topological polar surface area (TPSA) is 110 Å². The third kappa shape index (κ3) is 3.79. The molecule has 1 N–H and O–H groups in total. The molecule has 0 unspecified atom stereocenters. The lowest BCUT2D eigenvalue weighted by Crippen LogP contribution is -2.32. The van der Waals surface area contributed by atoms with Gasteiger partial charge in [0.25, 0.3) is 11.8 Å². The highest BCUT2D eigenvalue weighted by molar-refractivity contribution is 6.21. The van der Waals surface area contributed by atoms with Gasteiger partial charge in [-0.3, -0.25) is 19.3 Å². The molecule has 0 radical (unpaired) electrons. The van der Waals surface area contributed by atoms with E-state index in [2.05, 4.69) is 20.8 Å². The molecule has 3 amide bonds. The standard InChI is InChI=1S/C20H17FN6O3/c21-13-5-3-6-14(11-13)27-17(23-24-25-27)12-22-18(28)9-4-10-26-19(29)15-7-1-2-8-16(15)20(26)30/h1-3,5-8,11H,4,9-10,12H2,(H,22,28). The van der Waals surface area contributed by atoms with Crippen molar-refractivity contribution in [3.63, 3.8) is 0 Å². The molecule has 0 saturated heterocycles. The van der Waals surface area contributed by atoms with Crippen LogP contribution in [-0.2, 0) is 11.3 Å². The number of hydrogen-bond acceptors (Lipinski definition) is 6. The van der Waals surface area contributed by atoms with Crippen molar-refractivity contribution in [1.29, 1.82) is 0 Å². The summed E-state index contributed by atoms with van der Waals surface area (Å²) in [5, 5.41) is 13.9.